The number of hydrogen-bond acceptors (Lipinski definition) is 3. The summed E-state index contributed by atoms with van der Waals surface area (Å²) in [6.07, 6.45) is 4.95. The van der Waals surface area contributed by atoms with Crippen molar-refractivity contribution in [3.8, 4) is 0 Å². The molecule has 4 heteroatoms. The van der Waals surface area contributed by atoms with Crippen molar-refractivity contribution in [1.82, 2.24) is 5.48 Å². The molecule has 24 heavy (non-hydrogen) atoms. The van der Waals surface area contributed by atoms with E-state index in [1.165, 1.54) is 17.2 Å². The standard InChI is InChI=1S/C20H21NO3/c1-3-15-11-8-12-16(18(15)4-2)13-14-19(22)21-24-20(23)17-9-6-5-7-10-17/h5-14H,3-4H2,1-2H3,(H,21,22). The van der Waals surface area contributed by atoms with Crippen molar-refractivity contribution in [3.05, 3.63) is 76.9 Å². The van der Waals surface area contributed by atoms with Crippen LogP contribution in [-0.4, -0.2) is 11.9 Å². The topological polar surface area (TPSA) is 55.4 Å². The molecular weight excluding hydrogens is 302 g/mol. The molecule has 0 radical (unpaired) electrons. The number of benzene rings is 2. The summed E-state index contributed by atoms with van der Waals surface area (Å²) in [6, 6.07) is 14.5. The summed E-state index contributed by atoms with van der Waals surface area (Å²) < 4.78 is 0. The van der Waals surface area contributed by atoms with Gasteiger partial charge in [-0.1, -0.05) is 50.2 Å². The molecule has 4 nitrogen and oxygen atoms in total. The summed E-state index contributed by atoms with van der Waals surface area (Å²) in [4.78, 5) is 28.4. The second-order valence-corrected chi connectivity index (χ2v) is 5.25. The van der Waals surface area contributed by atoms with Gasteiger partial charge in [0, 0.05) is 6.08 Å². The number of amides is 1. The number of nitrogens with one attached hydrogen (secondary N) is 1. The zero-order valence-corrected chi connectivity index (χ0v) is 13.9. The van der Waals surface area contributed by atoms with Gasteiger partial charge >= 0.3 is 5.97 Å². The summed E-state index contributed by atoms with van der Waals surface area (Å²) in [5, 5.41) is 0. The van der Waals surface area contributed by atoms with Crippen molar-refractivity contribution < 1.29 is 14.4 Å². The first-order valence-corrected chi connectivity index (χ1v) is 8.00. The van der Waals surface area contributed by atoms with Gasteiger partial charge in [-0.3, -0.25) is 4.79 Å². The van der Waals surface area contributed by atoms with Crippen LogP contribution in [0.25, 0.3) is 6.08 Å². The molecule has 2 aromatic rings. The number of rotatable bonds is 5. The average Bonchev–Trinajstić information content (AvgIpc) is 2.64. The second-order valence-electron chi connectivity index (χ2n) is 5.25. The first-order valence-electron chi connectivity index (χ1n) is 8.00. The largest absolute Gasteiger partial charge is 0.362 e. The zero-order chi connectivity index (χ0) is 17.4. The molecular formula is C20H21NO3. The Kier molecular flexibility index (Phi) is 6.32. The Morgan fingerprint density at radius 2 is 1.75 bits per heavy atom. The number of hydroxylamine groups is 1. The molecule has 0 aliphatic rings. The highest BCUT2D eigenvalue weighted by Crippen LogP contribution is 2.17. The van der Waals surface area contributed by atoms with E-state index in [0.717, 1.165) is 18.4 Å². The van der Waals surface area contributed by atoms with E-state index in [-0.39, 0.29) is 0 Å². The Hall–Kier alpha value is -2.88. The normalized spacial score (nSPS) is 10.6. The average molecular weight is 323 g/mol. The SMILES string of the molecule is CCc1cccc(C=CC(=O)NOC(=O)c2ccccc2)c1CC. The molecule has 0 unspecified atom stereocenters. The molecule has 2 aromatic carbocycles. The molecule has 0 spiro atoms. The van der Waals surface area contributed by atoms with Crippen molar-refractivity contribution in [1.29, 1.82) is 0 Å². The summed E-state index contributed by atoms with van der Waals surface area (Å²) in [6.45, 7) is 4.20. The summed E-state index contributed by atoms with van der Waals surface area (Å²) in [5.41, 5.74) is 6.02. The van der Waals surface area contributed by atoms with E-state index in [1.807, 2.05) is 12.1 Å². The van der Waals surface area contributed by atoms with Crippen molar-refractivity contribution in [3.63, 3.8) is 0 Å². The van der Waals surface area contributed by atoms with Crippen LogP contribution in [-0.2, 0) is 22.5 Å². The lowest BCUT2D eigenvalue weighted by Gasteiger charge is -2.09. The smallest absolute Gasteiger partial charge is 0.335 e. The van der Waals surface area contributed by atoms with Crippen molar-refractivity contribution >= 4 is 18.0 Å². The fourth-order valence-electron chi connectivity index (χ4n) is 2.50. The fourth-order valence-corrected chi connectivity index (χ4v) is 2.50. The van der Waals surface area contributed by atoms with Gasteiger partial charge < -0.3 is 4.84 Å². The number of aryl methyl sites for hydroxylation is 1. The van der Waals surface area contributed by atoms with Gasteiger partial charge in [0.1, 0.15) is 0 Å². The molecule has 0 aliphatic carbocycles. The number of hydrogen-bond donors (Lipinski definition) is 1. The highest BCUT2D eigenvalue weighted by molar-refractivity contribution is 5.94. The lowest BCUT2D eigenvalue weighted by atomic mass is 9.97. The fraction of sp³-hybridized carbons (Fsp3) is 0.200. The minimum atomic E-state index is -0.598. The molecule has 0 aromatic heterocycles. The van der Waals surface area contributed by atoms with Crippen molar-refractivity contribution in [2.75, 3.05) is 0 Å². The molecule has 0 bridgehead atoms. The van der Waals surface area contributed by atoms with E-state index < -0.39 is 11.9 Å². The van der Waals surface area contributed by atoms with E-state index >= 15 is 0 Å². The molecule has 1 N–H and O–H groups in total. The highest BCUT2D eigenvalue weighted by atomic mass is 16.7. The molecule has 0 heterocycles. The van der Waals surface area contributed by atoms with E-state index in [9.17, 15) is 9.59 Å². The first-order chi connectivity index (χ1) is 11.7. The Labute approximate surface area is 142 Å². The van der Waals surface area contributed by atoms with Gasteiger partial charge in [-0.25, -0.2) is 4.79 Å². The van der Waals surface area contributed by atoms with E-state index in [2.05, 4.69) is 25.4 Å². The maximum absolute atomic E-state index is 11.8. The molecule has 0 aliphatic heterocycles. The third kappa shape index (κ3) is 4.56. The van der Waals surface area contributed by atoms with Gasteiger partial charge in [0.25, 0.3) is 5.91 Å². The molecule has 0 saturated carbocycles. The minimum absolute atomic E-state index is 0.380. The van der Waals surface area contributed by atoms with Gasteiger partial charge in [0.15, 0.2) is 0 Å². The van der Waals surface area contributed by atoms with Crippen molar-refractivity contribution in [2.45, 2.75) is 26.7 Å². The van der Waals surface area contributed by atoms with Crippen LogP contribution in [0.15, 0.2) is 54.6 Å². The molecule has 0 saturated heterocycles. The molecule has 124 valence electrons. The second kappa shape index (κ2) is 8.67. The van der Waals surface area contributed by atoms with Crippen LogP contribution in [0.3, 0.4) is 0 Å². The van der Waals surface area contributed by atoms with E-state index in [0.29, 0.717) is 5.56 Å². The van der Waals surface area contributed by atoms with Gasteiger partial charge in [0.2, 0.25) is 0 Å². The quantitative estimate of drug-likeness (QED) is 0.674. The zero-order valence-electron chi connectivity index (χ0n) is 13.9. The minimum Gasteiger partial charge on any atom is -0.335 e. The predicted octanol–water partition coefficient (Wildman–Crippen LogP) is 3.71. The van der Waals surface area contributed by atoms with Crippen LogP contribution in [0.1, 0.15) is 40.9 Å². The summed E-state index contributed by atoms with van der Waals surface area (Å²) >= 11 is 0. The van der Waals surface area contributed by atoms with Gasteiger partial charge in [-0.15, -0.1) is 0 Å². The van der Waals surface area contributed by atoms with Gasteiger partial charge in [-0.05, 0) is 47.7 Å². The van der Waals surface area contributed by atoms with Crippen LogP contribution < -0.4 is 5.48 Å². The number of carbonyl (C=O) groups excluding carboxylic acids is 2. The molecule has 2 rings (SSSR count). The molecule has 0 fully saturated rings. The van der Waals surface area contributed by atoms with E-state index in [4.69, 9.17) is 4.84 Å². The lowest BCUT2D eigenvalue weighted by Crippen LogP contribution is -2.25. The van der Waals surface area contributed by atoms with Crippen LogP contribution in [0.4, 0.5) is 0 Å². The van der Waals surface area contributed by atoms with Gasteiger partial charge in [0.05, 0.1) is 5.56 Å². The van der Waals surface area contributed by atoms with Crippen molar-refractivity contribution in [2.24, 2.45) is 0 Å². The first kappa shape index (κ1) is 17.5. The van der Waals surface area contributed by atoms with Crippen LogP contribution in [0.5, 0.6) is 0 Å². The van der Waals surface area contributed by atoms with Crippen LogP contribution in [0, 0.1) is 0 Å². The Balaban J connectivity index is 1.97. The monoisotopic (exact) mass is 323 g/mol. The van der Waals surface area contributed by atoms with Crippen LogP contribution >= 0.6 is 0 Å². The third-order valence-electron chi connectivity index (χ3n) is 3.71. The maximum Gasteiger partial charge on any atom is 0.362 e. The molecule has 0 atom stereocenters. The summed E-state index contributed by atoms with van der Waals surface area (Å²) in [5.74, 6) is -1.08. The maximum atomic E-state index is 11.8. The number of carbonyl (C=O) groups is 2. The molecule has 1 amide bonds. The van der Waals surface area contributed by atoms with Gasteiger partial charge in [-0.2, -0.15) is 5.48 Å². The lowest BCUT2D eigenvalue weighted by molar-refractivity contribution is -0.124. The summed E-state index contributed by atoms with van der Waals surface area (Å²) in [7, 11) is 0. The predicted molar refractivity (Wildman–Crippen MR) is 94.2 cm³/mol. The third-order valence-corrected chi connectivity index (χ3v) is 3.71. The Morgan fingerprint density at radius 3 is 2.42 bits per heavy atom. The van der Waals surface area contributed by atoms with E-state index in [1.54, 1.807) is 36.4 Å². The Morgan fingerprint density at radius 1 is 1.00 bits per heavy atom. The highest BCUT2D eigenvalue weighted by Gasteiger charge is 2.08. The van der Waals surface area contributed by atoms with Crippen LogP contribution in [0.2, 0.25) is 0 Å². The Bertz CT molecular complexity index is 736.